The summed E-state index contributed by atoms with van der Waals surface area (Å²) in [6.07, 6.45) is 0. The molecule has 0 amide bonds. The first kappa shape index (κ1) is 32.4. The number of aryl methyl sites for hydroxylation is 2. The fourth-order valence-electron chi connectivity index (χ4n) is 1.67. The number of hydrogen-bond donors (Lipinski definition) is 1. The van der Waals surface area contributed by atoms with E-state index in [-0.39, 0.29) is 64.9 Å². The number of ketones is 2. The molecule has 0 spiro atoms. The zero-order valence-electron chi connectivity index (χ0n) is 15.8. The minimum Gasteiger partial charge on any atom is -0.358 e. The van der Waals surface area contributed by atoms with Gasteiger partial charge in [0.25, 0.3) is 0 Å². The Kier molecular flexibility index (Phi) is 21.5. The van der Waals surface area contributed by atoms with Gasteiger partial charge in [-0.05, 0) is 51.6 Å². The summed E-state index contributed by atoms with van der Waals surface area (Å²) >= 11 is 0. The molecular weight excluding hydrogens is 406 g/mol. The van der Waals surface area contributed by atoms with Crippen molar-refractivity contribution >= 4 is 11.6 Å². The monoisotopic (exact) mass is 436 g/mol. The van der Waals surface area contributed by atoms with E-state index in [1.54, 1.807) is 32.0 Å². The number of carbonyl (C=O) groups is 2. The second-order valence-electron chi connectivity index (χ2n) is 4.84. The molecule has 143 valence electrons. The molecule has 26 heavy (non-hydrogen) atoms. The average Bonchev–Trinajstić information content (AvgIpc) is 2.52. The number of hydrogen-bond acceptors (Lipinski definition) is 3. The summed E-state index contributed by atoms with van der Waals surface area (Å²) in [4.78, 5) is 21.6. The van der Waals surface area contributed by atoms with Gasteiger partial charge in [-0.25, -0.2) is 4.39 Å². The van der Waals surface area contributed by atoms with E-state index >= 15 is 0 Å². The van der Waals surface area contributed by atoms with Crippen LogP contribution in [0.5, 0.6) is 0 Å². The molecule has 0 aromatic heterocycles. The fourth-order valence-corrected chi connectivity index (χ4v) is 1.67. The van der Waals surface area contributed by atoms with Crippen molar-refractivity contribution in [1.82, 2.24) is 0 Å². The quantitative estimate of drug-likeness (QED) is 0.533. The summed E-state index contributed by atoms with van der Waals surface area (Å²) in [6, 6.07) is 12.7. The van der Waals surface area contributed by atoms with Gasteiger partial charge in [0.15, 0.2) is 5.78 Å². The Morgan fingerprint density at radius 1 is 0.962 bits per heavy atom. The summed E-state index contributed by atoms with van der Waals surface area (Å²) in [6.45, 7) is 6.59. The summed E-state index contributed by atoms with van der Waals surface area (Å²) in [7, 11) is 1.50. The molecule has 0 saturated carbocycles. The second-order valence-corrected chi connectivity index (χ2v) is 4.84. The van der Waals surface area contributed by atoms with E-state index in [9.17, 15) is 14.0 Å². The molecule has 3 nitrogen and oxygen atoms in total. The Hall–Kier alpha value is -1.23. The predicted molar refractivity (Wildman–Crippen MR) is 104 cm³/mol. The van der Waals surface area contributed by atoms with Gasteiger partial charge in [0.05, 0.1) is 0 Å². The first-order valence-corrected chi connectivity index (χ1v) is 7.15. The van der Waals surface area contributed by atoms with Crippen LogP contribution in [0.3, 0.4) is 0 Å². The minimum absolute atomic E-state index is 0. The van der Waals surface area contributed by atoms with Gasteiger partial charge in [0.2, 0.25) is 0 Å². The fraction of sp³-hybridized carbons (Fsp3) is 0.286. The van der Waals surface area contributed by atoms with E-state index in [0.717, 1.165) is 11.1 Å². The van der Waals surface area contributed by atoms with Crippen molar-refractivity contribution in [2.24, 2.45) is 5.73 Å². The first-order chi connectivity index (χ1) is 10.8. The van der Waals surface area contributed by atoms with Crippen molar-refractivity contribution in [3.05, 3.63) is 78.0 Å². The second kappa shape index (κ2) is 17.2. The van der Waals surface area contributed by atoms with Crippen LogP contribution in [0.15, 0.2) is 36.4 Å². The molecule has 5 heteroatoms. The smallest absolute Gasteiger partial charge is 0.159 e. The normalized spacial score (nSPS) is 7.96. The van der Waals surface area contributed by atoms with E-state index in [0.29, 0.717) is 11.1 Å². The Labute approximate surface area is 183 Å². The molecular formula is C21H30FNO2Y-2. The van der Waals surface area contributed by atoms with Gasteiger partial charge < -0.3 is 13.2 Å². The third kappa shape index (κ3) is 12.2. The molecule has 2 aromatic rings. The van der Waals surface area contributed by atoms with Crippen molar-refractivity contribution < 1.29 is 46.7 Å². The van der Waals surface area contributed by atoms with Gasteiger partial charge in [0.1, 0.15) is 11.6 Å². The SMILES string of the molecule is C.CC(=O)c1cc[c-]c(C)c1.CC(=O)c1ccc(F)c(C)c1.CN.[CH3-].[Y]. The van der Waals surface area contributed by atoms with E-state index in [1.807, 2.05) is 13.0 Å². The molecule has 0 bridgehead atoms. The average molecular weight is 436 g/mol. The van der Waals surface area contributed by atoms with Crippen molar-refractivity contribution in [1.29, 1.82) is 0 Å². The molecule has 0 heterocycles. The minimum atomic E-state index is -0.269. The van der Waals surface area contributed by atoms with Gasteiger partial charge in [-0.2, -0.15) is 29.8 Å². The van der Waals surface area contributed by atoms with Crippen LogP contribution in [0.25, 0.3) is 0 Å². The molecule has 0 aliphatic rings. The molecule has 0 atom stereocenters. The molecule has 2 N–H and O–H groups in total. The van der Waals surface area contributed by atoms with Gasteiger partial charge in [-0.3, -0.25) is 9.59 Å². The largest absolute Gasteiger partial charge is 0.358 e. The van der Waals surface area contributed by atoms with E-state index in [4.69, 9.17) is 0 Å². The molecule has 2 aromatic carbocycles. The zero-order valence-corrected chi connectivity index (χ0v) is 18.7. The number of halogens is 1. The summed E-state index contributed by atoms with van der Waals surface area (Å²) in [5.74, 6) is -0.194. The van der Waals surface area contributed by atoms with Gasteiger partial charge in [0, 0.05) is 38.3 Å². The van der Waals surface area contributed by atoms with Crippen LogP contribution in [0.4, 0.5) is 4.39 Å². The van der Waals surface area contributed by atoms with Crippen LogP contribution in [0.2, 0.25) is 0 Å². The third-order valence-electron chi connectivity index (χ3n) is 2.92. The molecule has 0 aliphatic carbocycles. The van der Waals surface area contributed by atoms with Crippen LogP contribution < -0.4 is 5.73 Å². The third-order valence-corrected chi connectivity index (χ3v) is 2.92. The van der Waals surface area contributed by atoms with E-state index in [1.165, 1.54) is 26.1 Å². The number of Topliss-reactive ketones (excluding diaryl/α,β-unsaturated/α-hetero) is 2. The molecule has 0 aliphatic heterocycles. The zero-order chi connectivity index (χ0) is 18.0. The Morgan fingerprint density at radius 3 is 1.77 bits per heavy atom. The number of benzene rings is 2. The first-order valence-electron chi connectivity index (χ1n) is 7.15. The van der Waals surface area contributed by atoms with E-state index < -0.39 is 0 Å². The van der Waals surface area contributed by atoms with Crippen molar-refractivity contribution in [2.75, 3.05) is 7.05 Å². The molecule has 1 radical (unpaired) electrons. The van der Waals surface area contributed by atoms with Crippen LogP contribution in [-0.2, 0) is 32.7 Å². The van der Waals surface area contributed by atoms with Crippen LogP contribution in [0.1, 0.15) is 53.1 Å². The molecule has 0 fully saturated rings. The standard InChI is InChI=1S/C9H9FO.C9H9O.CH5N.CH4.CH3.Y/c1-6-5-8(7(2)11)3-4-9(6)10;1-7-4-3-5-9(6-7)8(2)10;1-2;;;/h3-5H,1-2H3;3,5-6H,1-2H3;2H2,1H3;1H4;1H3;/q;-1;;;-1;. The van der Waals surface area contributed by atoms with Crippen molar-refractivity contribution in [2.45, 2.75) is 35.1 Å². The Bertz CT molecular complexity index is 673. The Morgan fingerprint density at radius 2 is 1.42 bits per heavy atom. The Balaban J connectivity index is -0.000000154. The van der Waals surface area contributed by atoms with Crippen molar-refractivity contribution in [3.63, 3.8) is 0 Å². The number of carbonyl (C=O) groups excluding carboxylic acids is 2. The summed E-state index contributed by atoms with van der Waals surface area (Å²) in [5, 5.41) is 0. The maximum atomic E-state index is 12.7. The van der Waals surface area contributed by atoms with Crippen molar-refractivity contribution in [3.8, 4) is 0 Å². The maximum absolute atomic E-state index is 12.7. The molecule has 0 unspecified atom stereocenters. The van der Waals surface area contributed by atoms with E-state index in [2.05, 4.69) is 11.8 Å². The summed E-state index contributed by atoms with van der Waals surface area (Å²) < 4.78 is 12.7. The predicted octanol–water partition coefficient (Wildman–Crippen LogP) is 4.99. The molecule has 2 rings (SSSR count). The van der Waals surface area contributed by atoms with Crippen LogP contribution in [-0.4, -0.2) is 18.6 Å². The van der Waals surface area contributed by atoms with Gasteiger partial charge in [-0.15, -0.1) is 0 Å². The number of rotatable bonds is 2. The van der Waals surface area contributed by atoms with Gasteiger partial charge >= 0.3 is 0 Å². The topological polar surface area (TPSA) is 60.2 Å². The molecule has 0 saturated heterocycles. The van der Waals surface area contributed by atoms with Crippen LogP contribution in [0, 0.1) is 33.2 Å². The van der Waals surface area contributed by atoms with Crippen LogP contribution >= 0.6 is 0 Å². The summed E-state index contributed by atoms with van der Waals surface area (Å²) in [5.41, 5.74) is 7.34. The van der Waals surface area contributed by atoms with Gasteiger partial charge in [-0.1, -0.05) is 19.9 Å². The maximum Gasteiger partial charge on any atom is 0.159 e. The number of nitrogens with two attached hydrogens (primary N) is 1.